The first-order chi connectivity index (χ1) is 13.4. The number of hydrogen-bond donors (Lipinski definition) is 0. The second-order valence-corrected chi connectivity index (χ2v) is 11.6. The van der Waals surface area contributed by atoms with Crippen LogP contribution in [0.5, 0.6) is 0 Å². The van der Waals surface area contributed by atoms with E-state index in [1.807, 2.05) is 6.92 Å². The van der Waals surface area contributed by atoms with Gasteiger partial charge in [0.2, 0.25) is 0 Å². The van der Waals surface area contributed by atoms with Crippen molar-refractivity contribution < 1.29 is 25.8 Å². The molecule has 4 nitrogen and oxygen atoms in total. The van der Waals surface area contributed by atoms with Crippen LogP contribution in [-0.2, 0) is 14.3 Å². The summed E-state index contributed by atoms with van der Waals surface area (Å²) >= 11 is 0. The summed E-state index contributed by atoms with van der Waals surface area (Å²) in [5, 5.41) is 0. The molecular weight excluding hydrogens is 403 g/mol. The molecule has 0 amide bonds. The molecule has 8 heteroatoms. The Balaban J connectivity index is 1.49. The zero-order chi connectivity index (χ0) is 21.2. The Kier molecular flexibility index (Phi) is 5.29. The first-order valence-electron chi connectivity index (χ1n) is 10.8. The lowest BCUT2D eigenvalue weighted by molar-refractivity contribution is -0.0664. The van der Waals surface area contributed by atoms with Crippen LogP contribution in [-0.4, -0.2) is 39.0 Å². The van der Waals surface area contributed by atoms with Gasteiger partial charge in [-0.2, -0.15) is 21.6 Å². The van der Waals surface area contributed by atoms with Crippen molar-refractivity contribution in [3.05, 3.63) is 11.8 Å². The van der Waals surface area contributed by atoms with Crippen LogP contribution in [0.4, 0.5) is 13.2 Å². The van der Waals surface area contributed by atoms with Crippen LogP contribution in [0.1, 0.15) is 58.3 Å². The number of halogens is 3. The molecule has 4 aliphatic rings. The SMILES string of the molecule is CN(C)[C@H]1CC[C@H]2[C@@H](CC[C@@H]3[C@@H]2CC[C@]2(C)C(OS(=O)(=O)C(F)(F)F)=CC[C@@H]32)C1. The molecule has 0 spiro atoms. The summed E-state index contributed by atoms with van der Waals surface area (Å²) < 4.78 is 66.3. The summed E-state index contributed by atoms with van der Waals surface area (Å²) in [5.74, 6) is 2.73. The maximum atomic E-state index is 12.8. The van der Waals surface area contributed by atoms with Crippen LogP contribution in [0.25, 0.3) is 0 Å². The molecule has 0 radical (unpaired) electrons. The minimum absolute atomic E-state index is 0.0247. The molecule has 4 rings (SSSR count). The van der Waals surface area contributed by atoms with Crippen molar-refractivity contribution in [2.24, 2.45) is 35.0 Å². The van der Waals surface area contributed by atoms with Crippen LogP contribution in [0.3, 0.4) is 0 Å². The van der Waals surface area contributed by atoms with E-state index in [1.165, 1.54) is 25.7 Å². The van der Waals surface area contributed by atoms with E-state index in [1.54, 1.807) is 6.08 Å². The van der Waals surface area contributed by atoms with Gasteiger partial charge in [-0.15, -0.1) is 0 Å². The molecule has 3 saturated carbocycles. The molecule has 0 aliphatic heterocycles. The van der Waals surface area contributed by atoms with Gasteiger partial charge in [-0.1, -0.05) is 6.92 Å². The van der Waals surface area contributed by atoms with Crippen LogP contribution in [0.15, 0.2) is 11.8 Å². The van der Waals surface area contributed by atoms with Gasteiger partial charge < -0.3 is 9.08 Å². The van der Waals surface area contributed by atoms with Crippen molar-refractivity contribution in [1.29, 1.82) is 0 Å². The van der Waals surface area contributed by atoms with E-state index in [9.17, 15) is 21.6 Å². The Morgan fingerprint density at radius 3 is 2.41 bits per heavy atom. The Bertz CT molecular complexity index is 779. The highest BCUT2D eigenvalue weighted by molar-refractivity contribution is 7.87. The van der Waals surface area contributed by atoms with Crippen LogP contribution >= 0.6 is 0 Å². The molecule has 0 N–H and O–H groups in total. The van der Waals surface area contributed by atoms with Crippen LogP contribution < -0.4 is 0 Å². The number of fused-ring (bicyclic) bond motifs is 5. The fourth-order valence-electron chi connectivity index (χ4n) is 7.12. The fraction of sp³-hybridized carbons (Fsp3) is 0.905. The molecule has 0 aromatic rings. The normalized spacial score (nSPS) is 42.7. The molecule has 0 aromatic heterocycles. The van der Waals surface area contributed by atoms with E-state index >= 15 is 0 Å². The molecule has 3 fully saturated rings. The lowest BCUT2D eigenvalue weighted by Gasteiger charge is -2.55. The minimum Gasteiger partial charge on any atom is -0.380 e. The number of nitrogens with zero attached hydrogens (tertiary/aromatic N) is 1. The summed E-state index contributed by atoms with van der Waals surface area (Å²) in [4.78, 5) is 2.34. The minimum atomic E-state index is -5.61. The maximum Gasteiger partial charge on any atom is 0.534 e. The van der Waals surface area contributed by atoms with Gasteiger partial charge in [0.25, 0.3) is 0 Å². The van der Waals surface area contributed by atoms with Crippen LogP contribution in [0, 0.1) is 35.0 Å². The van der Waals surface area contributed by atoms with Gasteiger partial charge in [0.1, 0.15) is 5.76 Å². The lowest BCUT2D eigenvalue weighted by atomic mass is 9.50. The highest BCUT2D eigenvalue weighted by Crippen LogP contribution is 2.63. The van der Waals surface area contributed by atoms with Crippen molar-refractivity contribution in [3.63, 3.8) is 0 Å². The molecule has 166 valence electrons. The van der Waals surface area contributed by atoms with E-state index in [-0.39, 0.29) is 11.7 Å². The first-order valence-corrected chi connectivity index (χ1v) is 12.2. The quantitative estimate of drug-likeness (QED) is 0.466. The van der Waals surface area contributed by atoms with Crippen molar-refractivity contribution in [2.75, 3.05) is 14.1 Å². The molecule has 0 unspecified atom stereocenters. The van der Waals surface area contributed by atoms with E-state index < -0.39 is 21.0 Å². The Labute approximate surface area is 172 Å². The molecule has 29 heavy (non-hydrogen) atoms. The number of hydrogen-bond acceptors (Lipinski definition) is 4. The predicted octanol–water partition coefficient (Wildman–Crippen LogP) is 4.93. The molecular formula is C21H32F3NO3S. The number of rotatable bonds is 3. The predicted molar refractivity (Wildman–Crippen MR) is 104 cm³/mol. The molecule has 7 atom stereocenters. The van der Waals surface area contributed by atoms with Gasteiger partial charge in [-0.25, -0.2) is 0 Å². The number of allylic oxidation sites excluding steroid dienone is 2. The van der Waals surface area contributed by atoms with Crippen LogP contribution in [0.2, 0.25) is 0 Å². The average molecular weight is 436 g/mol. The van der Waals surface area contributed by atoms with Gasteiger partial charge in [-0.05, 0) is 101 Å². The second-order valence-electron chi connectivity index (χ2n) is 10.1. The Morgan fingerprint density at radius 2 is 1.76 bits per heavy atom. The molecule has 4 aliphatic carbocycles. The lowest BCUT2D eigenvalue weighted by Crippen LogP contribution is -2.50. The summed E-state index contributed by atoms with van der Waals surface area (Å²) in [6.45, 7) is 1.91. The summed E-state index contributed by atoms with van der Waals surface area (Å²) in [6, 6.07) is 0.655. The van der Waals surface area contributed by atoms with E-state index in [0.717, 1.165) is 18.8 Å². The van der Waals surface area contributed by atoms with Crippen molar-refractivity contribution in [1.82, 2.24) is 4.90 Å². The average Bonchev–Trinajstić information content (AvgIpc) is 2.96. The first kappa shape index (κ1) is 21.5. The molecule has 0 heterocycles. The monoisotopic (exact) mass is 435 g/mol. The fourth-order valence-corrected chi connectivity index (χ4v) is 7.71. The second kappa shape index (κ2) is 7.14. The van der Waals surface area contributed by atoms with E-state index in [0.29, 0.717) is 36.6 Å². The van der Waals surface area contributed by atoms with Crippen molar-refractivity contribution >= 4 is 10.1 Å². The topological polar surface area (TPSA) is 46.6 Å². The third kappa shape index (κ3) is 3.52. The van der Waals surface area contributed by atoms with Crippen molar-refractivity contribution in [2.45, 2.75) is 69.8 Å². The third-order valence-electron chi connectivity index (χ3n) is 8.65. The smallest absolute Gasteiger partial charge is 0.380 e. The summed E-state index contributed by atoms with van der Waals surface area (Å²) in [5.41, 5.74) is -5.99. The summed E-state index contributed by atoms with van der Waals surface area (Å²) in [7, 11) is -1.29. The zero-order valence-electron chi connectivity index (χ0n) is 17.4. The van der Waals surface area contributed by atoms with Gasteiger partial charge in [-0.3, -0.25) is 0 Å². The van der Waals surface area contributed by atoms with Crippen molar-refractivity contribution in [3.8, 4) is 0 Å². The summed E-state index contributed by atoms with van der Waals surface area (Å²) in [6.07, 6.45) is 9.88. The zero-order valence-corrected chi connectivity index (χ0v) is 18.2. The maximum absolute atomic E-state index is 12.8. The number of alkyl halides is 3. The molecule has 0 bridgehead atoms. The molecule has 0 saturated heterocycles. The molecule has 0 aromatic carbocycles. The highest BCUT2D eigenvalue weighted by Gasteiger charge is 2.58. The Hall–Kier alpha value is -0.760. The Morgan fingerprint density at radius 1 is 1.07 bits per heavy atom. The third-order valence-corrected chi connectivity index (χ3v) is 9.62. The van der Waals surface area contributed by atoms with E-state index in [4.69, 9.17) is 0 Å². The standard InChI is InChI=1S/C21H32F3NO3S/c1-20-11-10-16-15-7-5-14(25(2)3)12-13(15)4-6-17(16)18(20)8-9-19(20)28-29(26,27)21(22,23)24/h9,13-18H,4-8,10-12H2,1-3H3/t13-,14-,15-,16+,17+,18-,20-/m0/s1. The van der Waals surface area contributed by atoms with Gasteiger partial charge >= 0.3 is 15.6 Å². The largest absolute Gasteiger partial charge is 0.534 e. The van der Waals surface area contributed by atoms with Gasteiger partial charge in [0.05, 0.1) is 0 Å². The van der Waals surface area contributed by atoms with Gasteiger partial charge in [0, 0.05) is 11.5 Å². The van der Waals surface area contributed by atoms with Gasteiger partial charge in [0.15, 0.2) is 0 Å². The van der Waals surface area contributed by atoms with E-state index in [2.05, 4.69) is 23.2 Å². The highest BCUT2D eigenvalue weighted by atomic mass is 32.2.